The molecular formula is C27H39N3O4S. The van der Waals surface area contributed by atoms with Gasteiger partial charge in [-0.05, 0) is 56.4 Å². The van der Waals surface area contributed by atoms with Crippen LogP contribution in [0.3, 0.4) is 0 Å². The maximum Gasteiger partial charge on any atom is 0.244 e. The van der Waals surface area contributed by atoms with E-state index < -0.39 is 22.0 Å². The van der Waals surface area contributed by atoms with Crippen LogP contribution in [0.25, 0.3) is 0 Å². The van der Waals surface area contributed by atoms with Gasteiger partial charge < -0.3 is 10.2 Å². The van der Waals surface area contributed by atoms with Gasteiger partial charge in [0.25, 0.3) is 0 Å². The monoisotopic (exact) mass is 501 g/mol. The van der Waals surface area contributed by atoms with Crippen LogP contribution in [0.1, 0.15) is 57.2 Å². The van der Waals surface area contributed by atoms with Gasteiger partial charge in [0, 0.05) is 12.6 Å². The van der Waals surface area contributed by atoms with Crippen molar-refractivity contribution in [2.75, 3.05) is 17.1 Å². The fraction of sp³-hybridized carbons (Fsp3) is 0.481. The number of hydrogen-bond acceptors (Lipinski definition) is 4. The SMILES string of the molecule is CCc1ccc(N(CC(=O)N(Cc2ccc(C)cc2)[C@H](CC)C(=O)N[C@@H](C)CC)S(C)(=O)=O)cc1. The number of carbonyl (C=O) groups excluding carboxylic acids is 2. The second kappa shape index (κ2) is 12.7. The van der Waals surface area contributed by atoms with Gasteiger partial charge in [0.1, 0.15) is 12.6 Å². The van der Waals surface area contributed by atoms with Crippen LogP contribution in [0.4, 0.5) is 5.69 Å². The van der Waals surface area contributed by atoms with Crippen molar-refractivity contribution in [3.63, 3.8) is 0 Å². The van der Waals surface area contributed by atoms with Crippen molar-refractivity contribution in [3.05, 3.63) is 65.2 Å². The standard InChI is InChI=1S/C27H39N3O4S/c1-7-21(5)28-27(32)25(9-3)29(18-23-12-10-20(4)11-13-23)26(31)19-30(35(6,33)34)24-16-14-22(8-2)15-17-24/h10-17,21,25H,7-9,18-19H2,1-6H3,(H,28,32)/t21-,25+/m0/s1. The van der Waals surface area contributed by atoms with E-state index in [2.05, 4.69) is 5.32 Å². The maximum atomic E-state index is 13.7. The average molecular weight is 502 g/mol. The largest absolute Gasteiger partial charge is 0.352 e. The lowest BCUT2D eigenvalue weighted by atomic mass is 10.1. The Morgan fingerprint density at radius 1 is 0.914 bits per heavy atom. The molecule has 0 aromatic heterocycles. The summed E-state index contributed by atoms with van der Waals surface area (Å²) in [6, 6.07) is 14.1. The molecule has 2 atom stereocenters. The predicted octanol–water partition coefficient (Wildman–Crippen LogP) is 4.05. The van der Waals surface area contributed by atoms with E-state index in [1.807, 2.05) is 71.0 Å². The van der Waals surface area contributed by atoms with Crippen molar-refractivity contribution in [2.24, 2.45) is 0 Å². The Bertz CT molecular complexity index is 1080. The Hall–Kier alpha value is -2.87. The molecule has 0 aliphatic carbocycles. The number of anilines is 1. The van der Waals surface area contributed by atoms with Crippen molar-refractivity contribution in [1.29, 1.82) is 0 Å². The molecule has 7 nitrogen and oxygen atoms in total. The number of amides is 2. The third kappa shape index (κ3) is 8.09. The Morgan fingerprint density at radius 2 is 1.49 bits per heavy atom. The van der Waals surface area contributed by atoms with Crippen LogP contribution >= 0.6 is 0 Å². The normalized spacial score (nSPS) is 13.1. The highest BCUT2D eigenvalue weighted by Crippen LogP contribution is 2.21. The molecule has 2 amide bonds. The predicted molar refractivity (Wildman–Crippen MR) is 142 cm³/mol. The van der Waals surface area contributed by atoms with Crippen LogP contribution in [0.5, 0.6) is 0 Å². The fourth-order valence-corrected chi connectivity index (χ4v) is 4.61. The molecule has 0 heterocycles. The number of rotatable bonds is 12. The average Bonchev–Trinajstić information content (AvgIpc) is 2.82. The number of benzene rings is 2. The summed E-state index contributed by atoms with van der Waals surface area (Å²) in [6.45, 7) is 9.58. The molecule has 0 fully saturated rings. The highest BCUT2D eigenvalue weighted by atomic mass is 32.2. The number of carbonyl (C=O) groups is 2. The van der Waals surface area contributed by atoms with Gasteiger partial charge in [0.2, 0.25) is 21.8 Å². The third-order valence-corrected chi connectivity index (χ3v) is 7.31. The number of nitrogens with zero attached hydrogens (tertiary/aromatic N) is 2. The second-order valence-electron chi connectivity index (χ2n) is 9.04. The summed E-state index contributed by atoms with van der Waals surface area (Å²) in [5, 5.41) is 2.97. The van der Waals surface area contributed by atoms with Crippen LogP contribution in [-0.4, -0.2) is 50.0 Å². The van der Waals surface area contributed by atoms with Gasteiger partial charge in [-0.1, -0.05) is 62.7 Å². The quantitative estimate of drug-likeness (QED) is 0.475. The first-order valence-electron chi connectivity index (χ1n) is 12.2. The lowest BCUT2D eigenvalue weighted by Gasteiger charge is -2.33. The molecule has 0 aliphatic heterocycles. The van der Waals surface area contributed by atoms with Crippen LogP contribution in [-0.2, 0) is 32.6 Å². The Labute approximate surface area is 210 Å². The summed E-state index contributed by atoms with van der Waals surface area (Å²) in [7, 11) is -3.73. The molecule has 2 rings (SSSR count). The molecule has 0 bridgehead atoms. The molecule has 1 N–H and O–H groups in total. The van der Waals surface area contributed by atoms with Crippen molar-refractivity contribution >= 4 is 27.5 Å². The first-order valence-corrected chi connectivity index (χ1v) is 14.1. The summed E-state index contributed by atoms with van der Waals surface area (Å²) in [5.41, 5.74) is 3.46. The third-order valence-electron chi connectivity index (χ3n) is 6.17. The van der Waals surface area contributed by atoms with Crippen LogP contribution in [0.2, 0.25) is 0 Å². The zero-order valence-electron chi connectivity index (χ0n) is 21.7. The smallest absolute Gasteiger partial charge is 0.244 e. The minimum Gasteiger partial charge on any atom is -0.352 e. The lowest BCUT2D eigenvalue weighted by Crippen LogP contribution is -2.53. The lowest BCUT2D eigenvalue weighted by molar-refractivity contribution is -0.140. The van der Waals surface area contributed by atoms with E-state index in [1.165, 1.54) is 4.90 Å². The Balaban J connectivity index is 2.42. The van der Waals surface area contributed by atoms with Gasteiger partial charge in [-0.2, -0.15) is 0 Å². The van der Waals surface area contributed by atoms with Crippen molar-refractivity contribution in [1.82, 2.24) is 10.2 Å². The number of hydrogen-bond donors (Lipinski definition) is 1. The molecule has 0 spiro atoms. The van der Waals surface area contributed by atoms with Crippen LogP contribution in [0, 0.1) is 6.92 Å². The van der Waals surface area contributed by atoms with E-state index in [0.29, 0.717) is 12.1 Å². The van der Waals surface area contributed by atoms with Crippen molar-refractivity contribution in [2.45, 2.75) is 72.5 Å². The Kier molecular flexibility index (Phi) is 10.3. The van der Waals surface area contributed by atoms with Gasteiger partial charge in [0.05, 0.1) is 11.9 Å². The van der Waals surface area contributed by atoms with E-state index >= 15 is 0 Å². The van der Waals surface area contributed by atoms with Crippen molar-refractivity contribution in [3.8, 4) is 0 Å². The number of nitrogens with one attached hydrogen (secondary N) is 1. The summed E-state index contributed by atoms with van der Waals surface area (Å²) in [4.78, 5) is 28.3. The number of sulfonamides is 1. The summed E-state index contributed by atoms with van der Waals surface area (Å²) in [5.74, 6) is -0.665. The first kappa shape index (κ1) is 28.4. The molecule has 0 aliphatic rings. The highest BCUT2D eigenvalue weighted by molar-refractivity contribution is 7.92. The van der Waals surface area contributed by atoms with Gasteiger partial charge in [0.15, 0.2) is 0 Å². The minimum atomic E-state index is -3.73. The molecule has 0 saturated carbocycles. The molecule has 0 unspecified atom stereocenters. The van der Waals surface area contributed by atoms with Gasteiger partial charge in [-0.3, -0.25) is 13.9 Å². The molecule has 2 aromatic carbocycles. The molecule has 192 valence electrons. The maximum absolute atomic E-state index is 13.7. The van der Waals surface area contributed by atoms with E-state index in [0.717, 1.165) is 40.1 Å². The zero-order chi connectivity index (χ0) is 26.2. The van der Waals surface area contributed by atoms with E-state index in [9.17, 15) is 18.0 Å². The number of aryl methyl sites for hydroxylation is 2. The first-order chi connectivity index (χ1) is 16.5. The molecule has 35 heavy (non-hydrogen) atoms. The van der Waals surface area contributed by atoms with Crippen molar-refractivity contribution < 1.29 is 18.0 Å². The zero-order valence-corrected chi connectivity index (χ0v) is 22.6. The summed E-state index contributed by atoms with van der Waals surface area (Å²) in [6.07, 6.45) is 3.09. The van der Waals surface area contributed by atoms with Crippen LogP contribution < -0.4 is 9.62 Å². The van der Waals surface area contributed by atoms with E-state index in [-0.39, 0.29) is 25.0 Å². The molecular weight excluding hydrogens is 462 g/mol. The molecule has 0 radical (unpaired) electrons. The van der Waals surface area contributed by atoms with E-state index in [4.69, 9.17) is 0 Å². The molecule has 0 saturated heterocycles. The van der Waals surface area contributed by atoms with Gasteiger partial charge in [-0.25, -0.2) is 8.42 Å². The fourth-order valence-electron chi connectivity index (χ4n) is 3.76. The topological polar surface area (TPSA) is 86.8 Å². The van der Waals surface area contributed by atoms with E-state index in [1.54, 1.807) is 12.1 Å². The summed E-state index contributed by atoms with van der Waals surface area (Å²) < 4.78 is 26.5. The molecule has 2 aromatic rings. The molecule has 8 heteroatoms. The summed E-state index contributed by atoms with van der Waals surface area (Å²) >= 11 is 0. The van der Waals surface area contributed by atoms with Gasteiger partial charge >= 0.3 is 0 Å². The van der Waals surface area contributed by atoms with Gasteiger partial charge in [-0.15, -0.1) is 0 Å². The Morgan fingerprint density at radius 3 is 1.97 bits per heavy atom. The highest BCUT2D eigenvalue weighted by Gasteiger charge is 2.32. The minimum absolute atomic E-state index is 0.0301. The second-order valence-corrected chi connectivity index (χ2v) is 10.9. The van der Waals surface area contributed by atoms with Crippen LogP contribution in [0.15, 0.2) is 48.5 Å².